The molecule has 1 amide bonds. The number of piperazine rings is 1. The van der Waals surface area contributed by atoms with Crippen molar-refractivity contribution >= 4 is 11.7 Å². The lowest BCUT2D eigenvalue weighted by atomic mass is 10.1. The van der Waals surface area contributed by atoms with Crippen LogP contribution in [0.3, 0.4) is 0 Å². The van der Waals surface area contributed by atoms with Crippen LogP contribution in [0.15, 0.2) is 36.4 Å². The molecule has 0 spiro atoms. The van der Waals surface area contributed by atoms with E-state index in [-0.39, 0.29) is 5.56 Å². The Labute approximate surface area is 166 Å². The first kappa shape index (κ1) is 20.8. The Bertz CT molecular complexity index is 822. The first-order chi connectivity index (χ1) is 13.9. The zero-order valence-corrected chi connectivity index (χ0v) is 15.9. The van der Waals surface area contributed by atoms with E-state index >= 15 is 0 Å². The fourth-order valence-electron chi connectivity index (χ4n) is 3.01. The van der Waals surface area contributed by atoms with E-state index in [0.29, 0.717) is 51.1 Å². The van der Waals surface area contributed by atoms with Crippen LogP contribution < -0.4 is 9.64 Å². The van der Waals surface area contributed by atoms with Gasteiger partial charge in [-0.25, -0.2) is 0 Å². The number of hydrogen-bond donors (Lipinski definition) is 0. The van der Waals surface area contributed by atoms with E-state index in [4.69, 9.17) is 9.47 Å². The minimum absolute atomic E-state index is 0.290. The molecule has 0 unspecified atom stereocenters. The molecule has 0 aliphatic carbocycles. The predicted octanol–water partition coefficient (Wildman–Crippen LogP) is 2.48. The van der Waals surface area contributed by atoms with Crippen LogP contribution >= 0.6 is 0 Å². The van der Waals surface area contributed by atoms with Gasteiger partial charge in [-0.2, -0.15) is 13.2 Å². The van der Waals surface area contributed by atoms with E-state index in [9.17, 15) is 18.0 Å². The zero-order chi connectivity index (χ0) is 20.9. The van der Waals surface area contributed by atoms with Gasteiger partial charge in [-0.05, 0) is 18.2 Å². The Morgan fingerprint density at radius 3 is 2.38 bits per heavy atom. The van der Waals surface area contributed by atoms with Crippen LogP contribution in [-0.4, -0.2) is 67.5 Å². The van der Waals surface area contributed by atoms with Gasteiger partial charge in [0.1, 0.15) is 6.61 Å². The summed E-state index contributed by atoms with van der Waals surface area (Å²) in [5, 5.41) is 8.10. The molecule has 29 heavy (non-hydrogen) atoms. The number of amides is 1. The minimum atomic E-state index is -4.57. The van der Waals surface area contributed by atoms with E-state index in [1.54, 1.807) is 19.2 Å². The molecule has 0 atom stereocenters. The standard InChI is InChI=1S/C19H21F3N4O3/c1-28-12-13-29-17-7-6-16(23-24-17)25-8-10-26(11-9-25)18(27)14-4-2-3-5-15(14)19(20,21)22/h2-7H,8-13H2,1H3. The average molecular weight is 410 g/mol. The summed E-state index contributed by atoms with van der Waals surface area (Å²) in [4.78, 5) is 16.0. The normalized spacial score (nSPS) is 14.8. The van der Waals surface area contributed by atoms with Gasteiger partial charge in [0.15, 0.2) is 5.82 Å². The van der Waals surface area contributed by atoms with E-state index < -0.39 is 17.6 Å². The number of halogens is 3. The maximum absolute atomic E-state index is 13.2. The third-order valence-electron chi connectivity index (χ3n) is 4.52. The molecular formula is C19H21F3N4O3. The number of benzene rings is 1. The smallest absolute Gasteiger partial charge is 0.417 e. The van der Waals surface area contributed by atoms with Gasteiger partial charge in [0.2, 0.25) is 5.88 Å². The van der Waals surface area contributed by atoms with Crippen LogP contribution in [0.1, 0.15) is 15.9 Å². The molecule has 0 radical (unpaired) electrons. The molecule has 1 aliphatic heterocycles. The molecular weight excluding hydrogens is 389 g/mol. The summed E-state index contributed by atoms with van der Waals surface area (Å²) in [5.74, 6) is 0.376. The van der Waals surface area contributed by atoms with Crippen molar-refractivity contribution < 1.29 is 27.4 Å². The first-order valence-corrected chi connectivity index (χ1v) is 9.06. The Balaban J connectivity index is 1.60. The van der Waals surface area contributed by atoms with Crippen molar-refractivity contribution in [1.29, 1.82) is 0 Å². The largest absolute Gasteiger partial charge is 0.474 e. The topological polar surface area (TPSA) is 67.8 Å². The quantitative estimate of drug-likeness (QED) is 0.682. The number of carbonyl (C=O) groups excluding carboxylic acids is 1. The number of ether oxygens (including phenoxy) is 2. The molecule has 2 heterocycles. The third-order valence-corrected chi connectivity index (χ3v) is 4.52. The molecule has 0 saturated carbocycles. The second-order valence-corrected chi connectivity index (χ2v) is 6.39. The summed E-state index contributed by atoms with van der Waals surface area (Å²) in [7, 11) is 1.57. The third kappa shape index (κ3) is 5.14. The summed E-state index contributed by atoms with van der Waals surface area (Å²) >= 11 is 0. The van der Waals surface area contributed by atoms with Crippen molar-refractivity contribution in [3.05, 3.63) is 47.5 Å². The summed E-state index contributed by atoms with van der Waals surface area (Å²) < 4.78 is 49.8. The van der Waals surface area contributed by atoms with Crippen molar-refractivity contribution in [2.45, 2.75) is 6.18 Å². The molecule has 2 aromatic rings. The average Bonchev–Trinajstić information content (AvgIpc) is 2.73. The molecule has 1 saturated heterocycles. The Morgan fingerprint density at radius 2 is 1.76 bits per heavy atom. The molecule has 1 fully saturated rings. The highest BCUT2D eigenvalue weighted by molar-refractivity contribution is 5.96. The van der Waals surface area contributed by atoms with Gasteiger partial charge in [0.05, 0.1) is 17.7 Å². The van der Waals surface area contributed by atoms with E-state index in [0.717, 1.165) is 6.07 Å². The van der Waals surface area contributed by atoms with E-state index in [1.807, 2.05) is 4.90 Å². The molecule has 10 heteroatoms. The van der Waals surface area contributed by atoms with Crippen LogP contribution in [0.5, 0.6) is 5.88 Å². The van der Waals surface area contributed by atoms with Crippen molar-refractivity contribution in [2.24, 2.45) is 0 Å². The lowest BCUT2D eigenvalue weighted by Gasteiger charge is -2.35. The van der Waals surface area contributed by atoms with Gasteiger partial charge in [-0.3, -0.25) is 4.79 Å². The van der Waals surface area contributed by atoms with Crippen LogP contribution in [0.4, 0.5) is 19.0 Å². The van der Waals surface area contributed by atoms with Gasteiger partial charge in [0, 0.05) is 39.4 Å². The van der Waals surface area contributed by atoms with Crippen LogP contribution in [-0.2, 0) is 10.9 Å². The molecule has 7 nitrogen and oxygen atoms in total. The van der Waals surface area contributed by atoms with E-state index in [1.165, 1.54) is 23.1 Å². The number of carbonyl (C=O) groups is 1. The summed E-state index contributed by atoms with van der Waals surface area (Å²) in [6, 6.07) is 8.30. The highest BCUT2D eigenvalue weighted by Crippen LogP contribution is 2.32. The lowest BCUT2D eigenvalue weighted by Crippen LogP contribution is -2.49. The Kier molecular flexibility index (Phi) is 6.53. The predicted molar refractivity (Wildman–Crippen MR) is 99.0 cm³/mol. The number of aromatic nitrogens is 2. The Morgan fingerprint density at radius 1 is 1.03 bits per heavy atom. The fourth-order valence-corrected chi connectivity index (χ4v) is 3.01. The van der Waals surface area contributed by atoms with Crippen molar-refractivity contribution in [3.8, 4) is 5.88 Å². The second kappa shape index (κ2) is 9.08. The van der Waals surface area contributed by atoms with Gasteiger partial charge < -0.3 is 19.3 Å². The molecule has 3 rings (SSSR count). The molecule has 1 aliphatic rings. The Hall–Kier alpha value is -2.88. The minimum Gasteiger partial charge on any atom is -0.474 e. The molecule has 1 aromatic heterocycles. The summed E-state index contributed by atoms with van der Waals surface area (Å²) in [6.07, 6.45) is -4.57. The van der Waals surface area contributed by atoms with E-state index in [2.05, 4.69) is 10.2 Å². The highest BCUT2D eigenvalue weighted by Gasteiger charge is 2.36. The second-order valence-electron chi connectivity index (χ2n) is 6.39. The SMILES string of the molecule is COCCOc1ccc(N2CCN(C(=O)c3ccccc3C(F)(F)F)CC2)nn1. The summed E-state index contributed by atoms with van der Waals surface area (Å²) in [6.45, 7) is 2.27. The molecule has 0 N–H and O–H groups in total. The number of anilines is 1. The number of alkyl halides is 3. The monoisotopic (exact) mass is 410 g/mol. The molecule has 156 valence electrons. The van der Waals surface area contributed by atoms with Crippen molar-refractivity contribution in [3.63, 3.8) is 0 Å². The highest BCUT2D eigenvalue weighted by atomic mass is 19.4. The zero-order valence-electron chi connectivity index (χ0n) is 15.9. The number of nitrogens with zero attached hydrogens (tertiary/aromatic N) is 4. The van der Waals surface area contributed by atoms with Crippen LogP contribution in [0.2, 0.25) is 0 Å². The molecule has 1 aromatic carbocycles. The van der Waals surface area contributed by atoms with Crippen LogP contribution in [0, 0.1) is 0 Å². The summed E-state index contributed by atoms with van der Waals surface area (Å²) in [5.41, 5.74) is -1.24. The van der Waals surface area contributed by atoms with Crippen LogP contribution in [0.25, 0.3) is 0 Å². The van der Waals surface area contributed by atoms with Gasteiger partial charge >= 0.3 is 6.18 Å². The number of rotatable bonds is 6. The fraction of sp³-hybridized carbons (Fsp3) is 0.421. The van der Waals surface area contributed by atoms with Crippen molar-refractivity contribution in [1.82, 2.24) is 15.1 Å². The maximum atomic E-state index is 13.2. The van der Waals surface area contributed by atoms with Gasteiger partial charge in [0.25, 0.3) is 5.91 Å². The number of methoxy groups -OCH3 is 1. The molecule has 0 bridgehead atoms. The maximum Gasteiger partial charge on any atom is 0.417 e. The van der Waals surface area contributed by atoms with Gasteiger partial charge in [-0.15, -0.1) is 10.2 Å². The van der Waals surface area contributed by atoms with Crippen molar-refractivity contribution in [2.75, 3.05) is 51.4 Å². The first-order valence-electron chi connectivity index (χ1n) is 9.06. The van der Waals surface area contributed by atoms with Gasteiger partial charge in [-0.1, -0.05) is 12.1 Å². The lowest BCUT2D eigenvalue weighted by molar-refractivity contribution is -0.138. The number of hydrogen-bond acceptors (Lipinski definition) is 6.